The van der Waals surface area contributed by atoms with Gasteiger partial charge in [-0.15, -0.1) is 11.8 Å². The van der Waals surface area contributed by atoms with Crippen molar-refractivity contribution in [2.75, 3.05) is 6.54 Å². The van der Waals surface area contributed by atoms with E-state index in [-0.39, 0.29) is 5.91 Å². The molecule has 0 aliphatic rings. The smallest absolute Gasteiger partial charge is 0.224 e. The molecule has 1 aromatic heterocycles. The lowest BCUT2D eigenvalue weighted by molar-refractivity contribution is -0.120. The van der Waals surface area contributed by atoms with Crippen LogP contribution >= 0.6 is 23.1 Å². The van der Waals surface area contributed by atoms with Gasteiger partial charge in [-0.05, 0) is 46.5 Å². The van der Waals surface area contributed by atoms with E-state index >= 15 is 0 Å². The third-order valence-corrected chi connectivity index (χ3v) is 4.72. The molecule has 2 rings (SSSR count). The minimum atomic E-state index is 0.0921. The van der Waals surface area contributed by atoms with Crippen molar-refractivity contribution in [3.63, 3.8) is 0 Å². The summed E-state index contributed by atoms with van der Waals surface area (Å²) < 4.78 is 0. The van der Waals surface area contributed by atoms with Crippen LogP contribution in [0.25, 0.3) is 0 Å². The Labute approximate surface area is 135 Å². The molecule has 0 spiro atoms. The van der Waals surface area contributed by atoms with E-state index in [0.717, 1.165) is 12.0 Å². The number of thiophene rings is 1. The second-order valence-electron chi connectivity index (χ2n) is 5.22. The van der Waals surface area contributed by atoms with Gasteiger partial charge in [0.1, 0.15) is 0 Å². The maximum Gasteiger partial charge on any atom is 0.224 e. The zero-order chi connectivity index (χ0) is 15.1. The molecule has 0 radical (unpaired) electrons. The number of rotatable bonds is 7. The summed E-state index contributed by atoms with van der Waals surface area (Å²) in [7, 11) is 0. The molecule has 0 saturated heterocycles. The Morgan fingerprint density at radius 2 is 1.95 bits per heavy atom. The van der Waals surface area contributed by atoms with Crippen molar-refractivity contribution < 1.29 is 4.79 Å². The first-order valence-electron chi connectivity index (χ1n) is 7.17. The Balaban J connectivity index is 1.74. The van der Waals surface area contributed by atoms with Crippen molar-refractivity contribution in [1.29, 1.82) is 0 Å². The highest BCUT2D eigenvalue weighted by Gasteiger charge is 2.04. The van der Waals surface area contributed by atoms with Gasteiger partial charge in [-0.2, -0.15) is 11.3 Å². The molecule has 1 amide bonds. The molecule has 1 heterocycles. The predicted molar refractivity (Wildman–Crippen MR) is 92.2 cm³/mol. The molecule has 112 valence electrons. The minimum Gasteiger partial charge on any atom is -0.355 e. The molecule has 0 fully saturated rings. The van der Waals surface area contributed by atoms with E-state index in [2.05, 4.69) is 48.1 Å². The van der Waals surface area contributed by atoms with Gasteiger partial charge in [0.25, 0.3) is 0 Å². The molecular weight excluding hydrogens is 298 g/mol. The van der Waals surface area contributed by atoms with E-state index in [9.17, 15) is 4.79 Å². The Kier molecular flexibility index (Phi) is 6.33. The van der Waals surface area contributed by atoms with Crippen LogP contribution in [0.2, 0.25) is 0 Å². The van der Waals surface area contributed by atoms with Crippen molar-refractivity contribution in [2.45, 2.75) is 36.8 Å². The summed E-state index contributed by atoms with van der Waals surface area (Å²) in [4.78, 5) is 13.1. The van der Waals surface area contributed by atoms with Crippen LogP contribution in [-0.2, 0) is 17.6 Å². The highest BCUT2D eigenvalue weighted by molar-refractivity contribution is 7.99. The summed E-state index contributed by atoms with van der Waals surface area (Å²) in [6, 6.07) is 10.4. The number of benzene rings is 1. The zero-order valence-electron chi connectivity index (χ0n) is 12.5. The van der Waals surface area contributed by atoms with Gasteiger partial charge in [-0.3, -0.25) is 4.79 Å². The Hall–Kier alpha value is -1.26. The molecule has 1 aromatic carbocycles. The third-order valence-electron chi connectivity index (χ3n) is 2.98. The van der Waals surface area contributed by atoms with Crippen LogP contribution in [0.1, 0.15) is 25.0 Å². The molecule has 21 heavy (non-hydrogen) atoms. The average molecular weight is 319 g/mol. The van der Waals surface area contributed by atoms with Crippen LogP contribution in [0, 0.1) is 0 Å². The third kappa shape index (κ3) is 5.94. The molecule has 0 aliphatic heterocycles. The highest BCUT2D eigenvalue weighted by atomic mass is 32.2. The molecule has 2 aromatic rings. The van der Waals surface area contributed by atoms with Crippen molar-refractivity contribution in [1.82, 2.24) is 5.32 Å². The molecule has 0 saturated carbocycles. The number of nitrogens with one attached hydrogen (secondary N) is 1. The van der Waals surface area contributed by atoms with Gasteiger partial charge in [0.15, 0.2) is 0 Å². The lowest BCUT2D eigenvalue weighted by Gasteiger charge is -2.07. The molecule has 0 aliphatic carbocycles. The van der Waals surface area contributed by atoms with Gasteiger partial charge in [0.05, 0.1) is 6.42 Å². The SMILES string of the molecule is CC(C)Sc1ccc(CC(=O)NCCc2ccsc2)cc1. The van der Waals surface area contributed by atoms with Crippen LogP contribution in [0.4, 0.5) is 0 Å². The Bertz CT molecular complexity index is 547. The van der Waals surface area contributed by atoms with Gasteiger partial charge in [-0.1, -0.05) is 26.0 Å². The fraction of sp³-hybridized carbons (Fsp3) is 0.353. The van der Waals surface area contributed by atoms with Crippen LogP contribution < -0.4 is 5.32 Å². The summed E-state index contributed by atoms with van der Waals surface area (Å²) in [5.41, 5.74) is 2.35. The van der Waals surface area contributed by atoms with Crippen molar-refractivity contribution in [2.24, 2.45) is 0 Å². The normalized spacial score (nSPS) is 10.8. The van der Waals surface area contributed by atoms with Crippen LogP contribution in [0.3, 0.4) is 0 Å². The topological polar surface area (TPSA) is 29.1 Å². The lowest BCUT2D eigenvalue weighted by Crippen LogP contribution is -2.27. The van der Waals surface area contributed by atoms with Gasteiger partial charge in [0.2, 0.25) is 5.91 Å². The summed E-state index contributed by atoms with van der Waals surface area (Å²) in [5.74, 6) is 0.0921. The van der Waals surface area contributed by atoms with Crippen LogP contribution in [0.5, 0.6) is 0 Å². The van der Waals surface area contributed by atoms with Crippen molar-refractivity contribution in [3.05, 3.63) is 52.2 Å². The van der Waals surface area contributed by atoms with E-state index < -0.39 is 0 Å². The largest absolute Gasteiger partial charge is 0.355 e. The van der Waals surface area contributed by atoms with Gasteiger partial charge in [-0.25, -0.2) is 0 Å². The first kappa shape index (κ1) is 16.1. The Morgan fingerprint density at radius 3 is 2.57 bits per heavy atom. The fourth-order valence-electron chi connectivity index (χ4n) is 1.99. The zero-order valence-corrected chi connectivity index (χ0v) is 14.1. The monoisotopic (exact) mass is 319 g/mol. The number of thioether (sulfide) groups is 1. The number of hydrogen-bond acceptors (Lipinski definition) is 3. The second kappa shape index (κ2) is 8.25. The average Bonchev–Trinajstić information content (AvgIpc) is 2.93. The van der Waals surface area contributed by atoms with Crippen molar-refractivity contribution in [3.8, 4) is 0 Å². The molecule has 1 N–H and O–H groups in total. The first-order chi connectivity index (χ1) is 10.1. The Morgan fingerprint density at radius 1 is 1.19 bits per heavy atom. The summed E-state index contributed by atoms with van der Waals surface area (Å²) in [6.45, 7) is 5.07. The molecular formula is C17H21NOS2. The van der Waals surface area contributed by atoms with Gasteiger partial charge >= 0.3 is 0 Å². The van der Waals surface area contributed by atoms with E-state index in [1.807, 2.05) is 23.9 Å². The number of hydrogen-bond donors (Lipinski definition) is 1. The van der Waals surface area contributed by atoms with Crippen LogP contribution in [-0.4, -0.2) is 17.7 Å². The number of amides is 1. The summed E-state index contributed by atoms with van der Waals surface area (Å²) in [6.07, 6.45) is 1.36. The standard InChI is InChI=1S/C17H21NOS2/c1-13(2)21-16-5-3-14(4-6-16)11-17(19)18-9-7-15-8-10-20-12-15/h3-6,8,10,12-13H,7,9,11H2,1-2H3,(H,18,19). The molecule has 2 nitrogen and oxygen atoms in total. The van der Waals surface area contributed by atoms with E-state index in [4.69, 9.17) is 0 Å². The summed E-state index contributed by atoms with van der Waals surface area (Å²) in [5, 5.41) is 7.74. The maximum atomic E-state index is 11.9. The lowest BCUT2D eigenvalue weighted by atomic mass is 10.1. The van der Waals surface area contributed by atoms with Gasteiger partial charge in [0, 0.05) is 16.7 Å². The summed E-state index contributed by atoms with van der Waals surface area (Å²) >= 11 is 3.53. The van der Waals surface area contributed by atoms with E-state index in [1.54, 1.807) is 11.3 Å². The van der Waals surface area contributed by atoms with Crippen LogP contribution in [0.15, 0.2) is 46.0 Å². The molecule has 0 atom stereocenters. The van der Waals surface area contributed by atoms with E-state index in [0.29, 0.717) is 18.2 Å². The second-order valence-corrected chi connectivity index (χ2v) is 7.65. The number of carbonyl (C=O) groups excluding carboxylic acids is 1. The molecule has 0 bridgehead atoms. The van der Waals surface area contributed by atoms with E-state index in [1.165, 1.54) is 10.5 Å². The molecule has 4 heteroatoms. The predicted octanol–water partition coefficient (Wildman–Crippen LogP) is 4.15. The van der Waals surface area contributed by atoms with Crippen molar-refractivity contribution >= 4 is 29.0 Å². The molecule has 0 unspecified atom stereocenters. The maximum absolute atomic E-state index is 11.9. The minimum absolute atomic E-state index is 0.0921. The highest BCUT2D eigenvalue weighted by Crippen LogP contribution is 2.22. The number of carbonyl (C=O) groups is 1. The quantitative estimate of drug-likeness (QED) is 0.777. The van der Waals surface area contributed by atoms with Gasteiger partial charge < -0.3 is 5.32 Å². The first-order valence-corrected chi connectivity index (χ1v) is 8.99. The fourth-order valence-corrected chi connectivity index (χ4v) is 3.53.